The fourth-order valence-electron chi connectivity index (χ4n) is 3.06. The van der Waals surface area contributed by atoms with Gasteiger partial charge in [0.25, 0.3) is 0 Å². The minimum atomic E-state index is -6.03. The number of carbonyl (C=O) groups is 2. The fraction of sp³-hybridized carbons (Fsp3) is 0.909. The monoisotopic (exact) mass is 459 g/mol. The number of unbranched alkanes of at least 4 members (excludes halogenated alkanes) is 11. The van der Waals surface area contributed by atoms with Crippen molar-refractivity contribution in [1.29, 1.82) is 0 Å². The Morgan fingerprint density at radius 2 is 1.19 bits per heavy atom. The van der Waals surface area contributed by atoms with E-state index in [0.717, 1.165) is 25.7 Å². The third kappa shape index (κ3) is 12.3. The molecular weight excluding hydrogens is 421 g/mol. The van der Waals surface area contributed by atoms with E-state index in [4.69, 9.17) is 4.74 Å². The van der Waals surface area contributed by atoms with Gasteiger partial charge in [0, 0.05) is 0 Å². The van der Waals surface area contributed by atoms with Crippen LogP contribution in [0.4, 0.5) is 22.0 Å². The number of carbonyl (C=O) groups excluding carboxylic acids is 2. The summed E-state index contributed by atoms with van der Waals surface area (Å²) in [7, 11) is 0. The van der Waals surface area contributed by atoms with Crippen LogP contribution in [0.15, 0.2) is 0 Å². The Hall–Kier alpha value is -1.41. The number of halogens is 5. The average Bonchev–Trinajstić information content (AvgIpc) is 2.68. The molecule has 0 aromatic heterocycles. The molecule has 0 saturated carbocycles. The van der Waals surface area contributed by atoms with Crippen molar-refractivity contribution in [3.8, 4) is 0 Å². The van der Waals surface area contributed by atoms with Crippen molar-refractivity contribution in [3.63, 3.8) is 0 Å². The molecule has 0 aliphatic heterocycles. The van der Waals surface area contributed by atoms with E-state index in [1.165, 1.54) is 64.1 Å². The summed E-state index contributed by atoms with van der Waals surface area (Å²) >= 11 is 0. The zero-order valence-electron chi connectivity index (χ0n) is 19.0. The Balaban J connectivity index is 4.03. The highest BCUT2D eigenvalue weighted by atomic mass is 19.4. The van der Waals surface area contributed by atoms with Gasteiger partial charge >= 0.3 is 24.0 Å². The van der Waals surface area contributed by atoms with Crippen LogP contribution in [0.1, 0.15) is 97.8 Å². The summed E-state index contributed by atoms with van der Waals surface area (Å²) in [6.07, 6.45) is 7.47. The number of ether oxygens (including phenoxy) is 1. The molecule has 1 amide bonds. The van der Waals surface area contributed by atoms with E-state index in [-0.39, 0.29) is 6.61 Å². The van der Waals surface area contributed by atoms with Crippen LogP contribution in [-0.2, 0) is 14.3 Å². The molecule has 9 heteroatoms. The van der Waals surface area contributed by atoms with E-state index in [2.05, 4.69) is 6.92 Å². The van der Waals surface area contributed by atoms with Gasteiger partial charge in [-0.1, -0.05) is 91.4 Å². The Morgan fingerprint density at radius 3 is 1.58 bits per heavy atom. The number of esters is 1. The van der Waals surface area contributed by atoms with Crippen molar-refractivity contribution in [1.82, 2.24) is 5.32 Å². The van der Waals surface area contributed by atoms with Crippen LogP contribution in [0.3, 0.4) is 0 Å². The average molecular weight is 460 g/mol. The lowest BCUT2D eigenvalue weighted by Gasteiger charge is -2.24. The van der Waals surface area contributed by atoms with Crippen LogP contribution >= 0.6 is 0 Å². The first kappa shape index (κ1) is 29.6. The Kier molecular flexibility index (Phi) is 14.7. The van der Waals surface area contributed by atoms with Gasteiger partial charge in [-0.2, -0.15) is 22.0 Å². The van der Waals surface area contributed by atoms with Crippen LogP contribution in [-0.4, -0.2) is 36.6 Å². The van der Waals surface area contributed by atoms with Gasteiger partial charge in [-0.3, -0.25) is 4.79 Å². The van der Waals surface area contributed by atoms with Gasteiger partial charge in [0.15, 0.2) is 0 Å². The molecule has 1 N–H and O–H groups in total. The molecule has 0 aromatic carbocycles. The van der Waals surface area contributed by atoms with E-state index in [9.17, 15) is 31.5 Å². The number of hydrogen-bond donors (Lipinski definition) is 1. The van der Waals surface area contributed by atoms with Crippen molar-refractivity contribution in [2.24, 2.45) is 5.92 Å². The van der Waals surface area contributed by atoms with Crippen LogP contribution in [0, 0.1) is 5.92 Å². The lowest BCUT2D eigenvalue weighted by atomic mass is 10.0. The van der Waals surface area contributed by atoms with Crippen LogP contribution < -0.4 is 5.32 Å². The molecule has 0 saturated heterocycles. The molecule has 1 unspecified atom stereocenters. The summed E-state index contributed by atoms with van der Waals surface area (Å²) in [5.74, 6) is -9.84. The van der Waals surface area contributed by atoms with E-state index in [1.54, 1.807) is 0 Å². The Bertz CT molecular complexity index is 510. The highest BCUT2D eigenvalue weighted by Crippen LogP contribution is 2.35. The third-order valence-corrected chi connectivity index (χ3v) is 5.09. The van der Waals surface area contributed by atoms with E-state index in [0.29, 0.717) is 6.42 Å². The first-order valence-corrected chi connectivity index (χ1v) is 11.4. The summed E-state index contributed by atoms with van der Waals surface area (Å²) in [4.78, 5) is 23.4. The second-order valence-electron chi connectivity index (χ2n) is 8.32. The standard InChI is InChI=1S/C22H38F5NO3/c1-4-5-6-7-8-9-10-11-12-13-14-15-16-31-19(29)18(17(2)3)28-20(30)21(23,24)22(25,26)27/h17-18H,4-16H2,1-3H3,(H,28,30). The Labute approximate surface area is 182 Å². The maximum Gasteiger partial charge on any atom is 0.463 e. The van der Waals surface area contributed by atoms with E-state index in [1.807, 2.05) is 0 Å². The Morgan fingerprint density at radius 1 is 0.774 bits per heavy atom. The lowest BCUT2D eigenvalue weighted by Crippen LogP contribution is -2.56. The SMILES string of the molecule is CCCCCCCCCCCCCCOC(=O)C(NC(=O)C(F)(F)C(F)(F)F)C(C)C. The van der Waals surface area contributed by atoms with Gasteiger partial charge < -0.3 is 10.1 Å². The topological polar surface area (TPSA) is 55.4 Å². The lowest BCUT2D eigenvalue weighted by molar-refractivity contribution is -0.270. The quantitative estimate of drug-likeness (QED) is 0.152. The maximum absolute atomic E-state index is 13.1. The fourth-order valence-corrected chi connectivity index (χ4v) is 3.06. The summed E-state index contributed by atoms with van der Waals surface area (Å²) in [6.45, 7) is 5.07. The van der Waals surface area contributed by atoms with Crippen molar-refractivity contribution in [2.45, 2.75) is 116 Å². The number of amides is 1. The second kappa shape index (κ2) is 15.4. The molecule has 0 aromatic rings. The van der Waals surface area contributed by atoms with Crippen molar-refractivity contribution in [3.05, 3.63) is 0 Å². The molecule has 0 spiro atoms. The summed E-state index contributed by atoms with van der Waals surface area (Å²) in [5, 5.41) is 1.48. The van der Waals surface area contributed by atoms with Gasteiger partial charge in [0.1, 0.15) is 6.04 Å². The third-order valence-electron chi connectivity index (χ3n) is 5.09. The maximum atomic E-state index is 13.1. The van der Waals surface area contributed by atoms with E-state index < -0.39 is 35.9 Å². The zero-order valence-corrected chi connectivity index (χ0v) is 19.0. The molecule has 0 aliphatic carbocycles. The molecule has 0 bridgehead atoms. The summed E-state index contributed by atoms with van der Waals surface area (Å²) in [6, 6.07) is -1.57. The number of rotatable bonds is 17. The molecule has 0 radical (unpaired) electrons. The highest BCUT2D eigenvalue weighted by Gasteiger charge is 2.63. The molecule has 0 aliphatic rings. The van der Waals surface area contributed by atoms with Crippen LogP contribution in [0.25, 0.3) is 0 Å². The minimum Gasteiger partial charge on any atom is -0.464 e. The molecule has 4 nitrogen and oxygen atoms in total. The van der Waals surface area contributed by atoms with Gasteiger partial charge in [0.2, 0.25) is 0 Å². The molecule has 1 atom stereocenters. The minimum absolute atomic E-state index is 0.0328. The highest BCUT2D eigenvalue weighted by molar-refractivity contribution is 5.89. The normalized spacial score (nSPS) is 13.3. The first-order chi connectivity index (χ1) is 14.4. The van der Waals surface area contributed by atoms with Gasteiger partial charge in [-0.25, -0.2) is 4.79 Å². The molecule has 31 heavy (non-hydrogen) atoms. The van der Waals surface area contributed by atoms with Gasteiger partial charge in [-0.15, -0.1) is 0 Å². The smallest absolute Gasteiger partial charge is 0.463 e. The predicted octanol–water partition coefficient (Wildman–Crippen LogP) is 6.57. The van der Waals surface area contributed by atoms with Crippen molar-refractivity contribution in [2.75, 3.05) is 6.61 Å². The van der Waals surface area contributed by atoms with E-state index >= 15 is 0 Å². The van der Waals surface area contributed by atoms with Gasteiger partial charge in [0.05, 0.1) is 6.61 Å². The van der Waals surface area contributed by atoms with Crippen LogP contribution in [0.2, 0.25) is 0 Å². The molecule has 0 heterocycles. The van der Waals surface area contributed by atoms with Crippen molar-refractivity contribution >= 4 is 11.9 Å². The first-order valence-electron chi connectivity index (χ1n) is 11.4. The predicted molar refractivity (Wildman–Crippen MR) is 110 cm³/mol. The van der Waals surface area contributed by atoms with Crippen LogP contribution in [0.5, 0.6) is 0 Å². The molecule has 0 rings (SSSR count). The second-order valence-corrected chi connectivity index (χ2v) is 8.32. The number of hydrogen-bond acceptors (Lipinski definition) is 3. The van der Waals surface area contributed by atoms with Crippen molar-refractivity contribution < 1.29 is 36.3 Å². The summed E-state index contributed by atoms with van der Waals surface area (Å²) in [5.41, 5.74) is 0. The molecule has 184 valence electrons. The molecular formula is C22H38F5NO3. The summed E-state index contributed by atoms with van der Waals surface area (Å²) < 4.78 is 68.0. The molecule has 0 fully saturated rings. The largest absolute Gasteiger partial charge is 0.464 e. The van der Waals surface area contributed by atoms with Gasteiger partial charge in [-0.05, 0) is 12.3 Å². The number of nitrogens with one attached hydrogen (secondary N) is 1. The zero-order chi connectivity index (χ0) is 23.9. The number of alkyl halides is 5.